The molecule has 0 radical (unpaired) electrons. The predicted molar refractivity (Wildman–Crippen MR) is 52.3 cm³/mol. The number of benzene rings is 1. The van der Waals surface area contributed by atoms with E-state index in [2.05, 4.69) is 0 Å². The summed E-state index contributed by atoms with van der Waals surface area (Å²) in [6.45, 7) is 1.95. The fraction of sp³-hybridized carbons (Fsp3) is 0.300. The topological polar surface area (TPSA) is 26.3 Å². The lowest BCUT2D eigenvalue weighted by Gasteiger charge is -2.04. The highest BCUT2D eigenvalue weighted by molar-refractivity contribution is 6.63. The van der Waals surface area contributed by atoms with E-state index in [1.165, 1.54) is 0 Å². The minimum absolute atomic E-state index is 0.250. The highest BCUT2D eigenvalue weighted by Gasteiger charge is 2.02. The van der Waals surface area contributed by atoms with Gasteiger partial charge >= 0.3 is 0 Å². The third-order valence-electron chi connectivity index (χ3n) is 1.69. The molecule has 0 saturated carbocycles. The fourth-order valence-electron chi connectivity index (χ4n) is 1.20. The van der Waals surface area contributed by atoms with E-state index in [9.17, 15) is 4.79 Å². The van der Waals surface area contributed by atoms with Crippen LogP contribution >= 0.6 is 11.6 Å². The van der Waals surface area contributed by atoms with Crippen molar-refractivity contribution in [2.45, 2.75) is 13.3 Å². The molecule has 1 aromatic carbocycles. The first-order valence-corrected chi connectivity index (χ1v) is 4.32. The number of methoxy groups -OCH3 is 1. The standard InChI is InChI=1S/C10H11ClO2/c1-7-3-8(6-10(11)12)5-9(4-7)13-2/h3-5H,6H2,1-2H3. The van der Waals surface area contributed by atoms with Gasteiger partial charge in [0, 0.05) is 6.42 Å². The zero-order chi connectivity index (χ0) is 9.84. The lowest BCUT2D eigenvalue weighted by molar-refractivity contribution is -0.111. The van der Waals surface area contributed by atoms with E-state index in [0.29, 0.717) is 0 Å². The second-order valence-electron chi connectivity index (χ2n) is 2.89. The van der Waals surface area contributed by atoms with Crippen LogP contribution in [0.1, 0.15) is 11.1 Å². The molecule has 0 aliphatic carbocycles. The van der Waals surface area contributed by atoms with Crippen molar-refractivity contribution in [2.75, 3.05) is 7.11 Å². The number of aryl methyl sites for hydroxylation is 1. The first-order valence-electron chi connectivity index (χ1n) is 3.94. The van der Waals surface area contributed by atoms with Gasteiger partial charge in [0.15, 0.2) is 0 Å². The van der Waals surface area contributed by atoms with Crippen molar-refractivity contribution in [3.8, 4) is 5.75 Å². The Labute approximate surface area is 82.5 Å². The van der Waals surface area contributed by atoms with Crippen LogP contribution in [0.5, 0.6) is 5.75 Å². The van der Waals surface area contributed by atoms with Gasteiger partial charge in [-0.25, -0.2) is 0 Å². The Morgan fingerprint density at radius 3 is 2.69 bits per heavy atom. The van der Waals surface area contributed by atoms with E-state index in [0.717, 1.165) is 16.9 Å². The maximum atomic E-state index is 10.6. The summed E-state index contributed by atoms with van der Waals surface area (Å²) in [5, 5.41) is -0.354. The Balaban J connectivity index is 2.94. The maximum absolute atomic E-state index is 10.6. The molecule has 13 heavy (non-hydrogen) atoms. The second-order valence-corrected chi connectivity index (χ2v) is 3.31. The van der Waals surface area contributed by atoms with E-state index in [1.807, 2.05) is 25.1 Å². The van der Waals surface area contributed by atoms with Crippen LogP contribution in [-0.4, -0.2) is 12.4 Å². The van der Waals surface area contributed by atoms with Gasteiger partial charge in [-0.1, -0.05) is 6.07 Å². The van der Waals surface area contributed by atoms with Crippen molar-refractivity contribution in [1.82, 2.24) is 0 Å². The van der Waals surface area contributed by atoms with E-state index in [4.69, 9.17) is 16.3 Å². The summed E-state index contributed by atoms with van der Waals surface area (Å²) in [5.41, 5.74) is 1.95. The Kier molecular flexibility index (Phi) is 3.32. The van der Waals surface area contributed by atoms with E-state index < -0.39 is 0 Å². The van der Waals surface area contributed by atoms with Crippen LogP contribution in [0.2, 0.25) is 0 Å². The minimum Gasteiger partial charge on any atom is -0.497 e. The summed E-state index contributed by atoms with van der Waals surface area (Å²) >= 11 is 5.28. The molecule has 0 bridgehead atoms. The average Bonchev–Trinajstić information content (AvgIpc) is 2.01. The Hall–Kier alpha value is -1.02. The highest BCUT2D eigenvalue weighted by atomic mass is 35.5. The molecule has 0 spiro atoms. The third-order valence-corrected chi connectivity index (χ3v) is 1.82. The van der Waals surface area contributed by atoms with Gasteiger partial charge in [0.25, 0.3) is 0 Å². The van der Waals surface area contributed by atoms with Crippen molar-refractivity contribution >= 4 is 16.8 Å². The molecule has 70 valence electrons. The van der Waals surface area contributed by atoms with Crippen LogP contribution in [0.15, 0.2) is 18.2 Å². The summed E-state index contributed by atoms with van der Waals surface area (Å²) in [6, 6.07) is 5.64. The molecule has 0 aliphatic heterocycles. The highest BCUT2D eigenvalue weighted by Crippen LogP contribution is 2.17. The first-order chi connectivity index (χ1) is 6.11. The molecule has 0 aliphatic rings. The number of halogens is 1. The Morgan fingerprint density at radius 1 is 1.46 bits per heavy atom. The number of hydrogen-bond acceptors (Lipinski definition) is 2. The number of carbonyl (C=O) groups is 1. The summed E-state index contributed by atoms with van der Waals surface area (Å²) in [4.78, 5) is 10.6. The van der Waals surface area contributed by atoms with Crippen LogP contribution in [0.25, 0.3) is 0 Å². The Morgan fingerprint density at radius 2 is 2.15 bits per heavy atom. The molecular formula is C10H11ClO2. The lowest BCUT2D eigenvalue weighted by Crippen LogP contribution is -1.95. The van der Waals surface area contributed by atoms with Gasteiger partial charge in [0.05, 0.1) is 7.11 Å². The lowest BCUT2D eigenvalue weighted by atomic mass is 10.1. The molecule has 0 N–H and O–H groups in total. The van der Waals surface area contributed by atoms with Gasteiger partial charge in [-0.2, -0.15) is 0 Å². The zero-order valence-corrected chi connectivity index (χ0v) is 8.39. The largest absolute Gasteiger partial charge is 0.497 e. The summed E-state index contributed by atoms with van der Waals surface area (Å²) in [5.74, 6) is 0.757. The van der Waals surface area contributed by atoms with Crippen molar-refractivity contribution in [3.63, 3.8) is 0 Å². The van der Waals surface area contributed by atoms with Crippen LogP contribution in [0.3, 0.4) is 0 Å². The van der Waals surface area contributed by atoms with Gasteiger partial charge in [-0.3, -0.25) is 4.79 Å². The van der Waals surface area contributed by atoms with E-state index in [-0.39, 0.29) is 11.7 Å². The Bertz CT molecular complexity index is 321. The molecule has 3 heteroatoms. The normalized spacial score (nSPS) is 9.77. The molecule has 0 atom stereocenters. The second kappa shape index (κ2) is 4.28. The molecule has 0 amide bonds. The molecular weight excluding hydrogens is 188 g/mol. The number of ether oxygens (including phenoxy) is 1. The van der Waals surface area contributed by atoms with Gasteiger partial charge in [-0.15, -0.1) is 0 Å². The van der Waals surface area contributed by atoms with Crippen molar-refractivity contribution in [1.29, 1.82) is 0 Å². The average molecular weight is 199 g/mol. The number of carbonyl (C=O) groups excluding carboxylic acids is 1. The first kappa shape index (κ1) is 10.1. The van der Waals surface area contributed by atoms with Gasteiger partial charge in [0.1, 0.15) is 5.75 Å². The number of hydrogen-bond donors (Lipinski definition) is 0. The molecule has 2 nitrogen and oxygen atoms in total. The van der Waals surface area contributed by atoms with Crippen molar-refractivity contribution in [2.24, 2.45) is 0 Å². The van der Waals surface area contributed by atoms with Gasteiger partial charge in [-0.05, 0) is 41.8 Å². The van der Waals surface area contributed by atoms with Gasteiger partial charge < -0.3 is 4.74 Å². The SMILES string of the molecule is COc1cc(C)cc(CC(=O)Cl)c1. The third kappa shape index (κ3) is 3.07. The van der Waals surface area contributed by atoms with Crippen LogP contribution < -0.4 is 4.74 Å². The van der Waals surface area contributed by atoms with Crippen LogP contribution in [0.4, 0.5) is 0 Å². The molecule has 1 rings (SSSR count). The molecule has 0 unspecified atom stereocenters. The van der Waals surface area contributed by atoms with Crippen LogP contribution in [0, 0.1) is 6.92 Å². The predicted octanol–water partition coefficient (Wildman–Crippen LogP) is 2.31. The molecule has 0 heterocycles. The minimum atomic E-state index is -0.354. The summed E-state index contributed by atoms with van der Waals surface area (Å²) in [6.07, 6.45) is 0.250. The zero-order valence-electron chi connectivity index (χ0n) is 7.63. The van der Waals surface area contributed by atoms with Gasteiger partial charge in [0.2, 0.25) is 5.24 Å². The molecule has 1 aromatic rings. The van der Waals surface area contributed by atoms with E-state index in [1.54, 1.807) is 7.11 Å². The smallest absolute Gasteiger partial charge is 0.226 e. The monoisotopic (exact) mass is 198 g/mol. The maximum Gasteiger partial charge on any atom is 0.226 e. The fourth-order valence-corrected chi connectivity index (χ4v) is 1.36. The van der Waals surface area contributed by atoms with Crippen molar-refractivity contribution < 1.29 is 9.53 Å². The summed E-state index contributed by atoms with van der Waals surface area (Å²) < 4.78 is 5.06. The molecule has 0 fully saturated rings. The quantitative estimate of drug-likeness (QED) is 0.697. The molecule has 0 saturated heterocycles. The number of rotatable bonds is 3. The van der Waals surface area contributed by atoms with E-state index >= 15 is 0 Å². The van der Waals surface area contributed by atoms with Crippen LogP contribution in [-0.2, 0) is 11.2 Å². The summed E-state index contributed by atoms with van der Waals surface area (Å²) in [7, 11) is 1.60. The molecule has 0 aromatic heterocycles. The van der Waals surface area contributed by atoms with Crippen molar-refractivity contribution in [3.05, 3.63) is 29.3 Å².